The van der Waals surface area contributed by atoms with Crippen molar-refractivity contribution in [1.82, 2.24) is 14.5 Å². The van der Waals surface area contributed by atoms with Gasteiger partial charge in [0.2, 0.25) is 0 Å². The van der Waals surface area contributed by atoms with E-state index < -0.39 is 5.82 Å². The topological polar surface area (TPSA) is 61.9 Å². The third-order valence-corrected chi connectivity index (χ3v) is 4.16. The molecule has 118 valence electrons. The van der Waals surface area contributed by atoms with Gasteiger partial charge >= 0.3 is 0 Å². The number of halogens is 1. The maximum Gasteiger partial charge on any atom is 0.179 e. The molecule has 1 fully saturated rings. The second-order valence-electron chi connectivity index (χ2n) is 5.92. The van der Waals surface area contributed by atoms with Gasteiger partial charge < -0.3 is 9.47 Å². The van der Waals surface area contributed by atoms with Crippen LogP contribution in [0, 0.1) is 30.1 Å². The number of rotatable bonds is 4. The fourth-order valence-corrected chi connectivity index (χ4v) is 2.91. The Morgan fingerprint density at radius 1 is 1.52 bits per heavy atom. The highest BCUT2D eigenvalue weighted by atomic mass is 19.1. The number of aromatic nitrogens is 2. The number of likely N-dealkylation sites (tertiary alicyclic amines) is 1. The smallest absolute Gasteiger partial charge is 0.179 e. The summed E-state index contributed by atoms with van der Waals surface area (Å²) in [5.41, 5.74) is 1.55. The second-order valence-corrected chi connectivity index (χ2v) is 5.92. The molecule has 0 unspecified atom stereocenters. The Morgan fingerprint density at radius 3 is 2.96 bits per heavy atom. The molecular formula is C17H17FN4O. The molecule has 0 bridgehead atoms. The minimum atomic E-state index is -0.446. The van der Waals surface area contributed by atoms with Crippen LogP contribution in [0.5, 0.6) is 0 Å². The van der Waals surface area contributed by atoms with Crippen LogP contribution in [0.15, 0.2) is 30.7 Å². The second kappa shape index (κ2) is 6.21. The van der Waals surface area contributed by atoms with Gasteiger partial charge in [0.05, 0.1) is 17.7 Å². The molecule has 1 saturated heterocycles. The number of carbonyl (C=O) groups is 1. The molecule has 0 radical (unpaired) electrons. The molecule has 1 aliphatic heterocycles. The van der Waals surface area contributed by atoms with E-state index >= 15 is 0 Å². The molecule has 0 saturated carbocycles. The lowest BCUT2D eigenvalue weighted by Gasteiger charge is -2.10. The molecule has 0 aliphatic carbocycles. The van der Waals surface area contributed by atoms with Gasteiger partial charge in [-0.05, 0) is 37.5 Å². The van der Waals surface area contributed by atoms with Crippen molar-refractivity contribution in [2.75, 3.05) is 13.1 Å². The fraction of sp³-hybridized carbons (Fsp3) is 0.353. The molecule has 0 N–H and O–H groups in total. The molecule has 2 heterocycles. The molecule has 0 amide bonds. The molecule has 1 aliphatic rings. The lowest BCUT2D eigenvalue weighted by atomic mass is 9.97. The Balaban J connectivity index is 1.73. The Bertz CT molecular complexity index is 777. The first kappa shape index (κ1) is 15.2. The summed E-state index contributed by atoms with van der Waals surface area (Å²) >= 11 is 0. The molecule has 0 spiro atoms. The van der Waals surface area contributed by atoms with E-state index in [1.807, 2.05) is 6.92 Å². The zero-order chi connectivity index (χ0) is 16.4. The molecule has 23 heavy (non-hydrogen) atoms. The van der Waals surface area contributed by atoms with E-state index in [0.29, 0.717) is 30.8 Å². The first-order chi connectivity index (χ1) is 11.1. The number of hydrogen-bond acceptors (Lipinski definition) is 4. The largest absolute Gasteiger partial charge is 0.310 e. The van der Waals surface area contributed by atoms with Crippen LogP contribution in [-0.2, 0) is 0 Å². The lowest BCUT2D eigenvalue weighted by Crippen LogP contribution is -2.15. The van der Waals surface area contributed by atoms with Gasteiger partial charge in [0, 0.05) is 31.3 Å². The summed E-state index contributed by atoms with van der Waals surface area (Å²) in [4.78, 5) is 18.0. The highest BCUT2D eigenvalue weighted by Crippen LogP contribution is 2.22. The van der Waals surface area contributed by atoms with Crippen molar-refractivity contribution in [1.29, 1.82) is 5.26 Å². The average Bonchev–Trinajstić information content (AvgIpc) is 3.16. The van der Waals surface area contributed by atoms with Crippen molar-refractivity contribution in [3.8, 4) is 11.9 Å². The third kappa shape index (κ3) is 3.24. The monoisotopic (exact) mass is 312 g/mol. The van der Waals surface area contributed by atoms with Crippen LogP contribution in [0.2, 0.25) is 0 Å². The number of carbonyl (C=O) groups excluding carboxylic acids is 1. The van der Waals surface area contributed by atoms with Crippen LogP contribution in [0.4, 0.5) is 4.39 Å². The SMILES string of the molecule is Cc1cn(-c2ccc(C(=O)C[C@@H]3CCN(C#N)C3)cc2F)cn1. The van der Waals surface area contributed by atoms with Crippen LogP contribution in [0.25, 0.3) is 5.69 Å². The Labute approximate surface area is 134 Å². The van der Waals surface area contributed by atoms with Gasteiger partial charge in [-0.25, -0.2) is 9.37 Å². The van der Waals surface area contributed by atoms with Crippen LogP contribution in [0.3, 0.4) is 0 Å². The van der Waals surface area contributed by atoms with Crippen LogP contribution in [-0.4, -0.2) is 33.3 Å². The summed E-state index contributed by atoms with van der Waals surface area (Å²) in [6, 6.07) is 4.52. The molecule has 3 rings (SSSR count). The standard InChI is InChI=1S/C17H17FN4O/c1-12-8-22(11-20-12)16-3-2-14(7-15(16)18)17(23)6-13-4-5-21(9-13)10-19/h2-3,7-8,11,13H,4-6,9H2,1H3/t13-/m0/s1. The number of benzene rings is 1. The molecule has 6 heteroatoms. The van der Waals surface area contributed by atoms with Gasteiger partial charge in [-0.15, -0.1) is 0 Å². The number of Topliss-reactive ketones (excluding diaryl/α,β-unsaturated/α-hetero) is 1. The quantitative estimate of drug-likeness (QED) is 0.643. The van der Waals surface area contributed by atoms with Gasteiger partial charge in [-0.1, -0.05) is 0 Å². The number of hydrogen-bond donors (Lipinski definition) is 0. The van der Waals surface area contributed by atoms with Crippen LogP contribution >= 0.6 is 0 Å². The molecule has 5 nitrogen and oxygen atoms in total. The highest BCUT2D eigenvalue weighted by molar-refractivity contribution is 5.96. The Kier molecular flexibility index (Phi) is 4.11. The van der Waals surface area contributed by atoms with E-state index in [9.17, 15) is 9.18 Å². The summed E-state index contributed by atoms with van der Waals surface area (Å²) in [5, 5.41) is 8.85. The van der Waals surface area contributed by atoms with Gasteiger partial charge in [0.15, 0.2) is 12.0 Å². The lowest BCUT2D eigenvalue weighted by molar-refractivity contribution is 0.0962. The van der Waals surface area contributed by atoms with E-state index in [1.165, 1.54) is 6.07 Å². The summed E-state index contributed by atoms with van der Waals surface area (Å²) in [6.07, 6.45) is 6.55. The summed E-state index contributed by atoms with van der Waals surface area (Å²) < 4.78 is 15.9. The predicted molar refractivity (Wildman–Crippen MR) is 82.5 cm³/mol. The third-order valence-electron chi connectivity index (χ3n) is 4.16. The van der Waals surface area contributed by atoms with Crippen molar-refractivity contribution in [3.05, 3.63) is 47.8 Å². The minimum Gasteiger partial charge on any atom is -0.310 e. The van der Waals surface area contributed by atoms with Crippen molar-refractivity contribution in [3.63, 3.8) is 0 Å². The zero-order valence-corrected chi connectivity index (χ0v) is 12.9. The maximum atomic E-state index is 14.3. The fourth-order valence-electron chi connectivity index (χ4n) is 2.91. The van der Waals surface area contributed by atoms with Gasteiger partial charge in [0.1, 0.15) is 5.82 Å². The Morgan fingerprint density at radius 2 is 2.35 bits per heavy atom. The van der Waals surface area contributed by atoms with E-state index in [2.05, 4.69) is 11.2 Å². The zero-order valence-electron chi connectivity index (χ0n) is 12.9. The normalized spacial score (nSPS) is 17.3. The van der Waals surface area contributed by atoms with Crippen molar-refractivity contribution < 1.29 is 9.18 Å². The van der Waals surface area contributed by atoms with E-state index in [-0.39, 0.29) is 11.7 Å². The predicted octanol–water partition coefficient (Wildman–Crippen LogP) is 2.70. The van der Waals surface area contributed by atoms with Crippen LogP contribution in [0.1, 0.15) is 28.9 Å². The van der Waals surface area contributed by atoms with E-state index in [0.717, 1.165) is 12.1 Å². The molecule has 2 aromatic rings. The summed E-state index contributed by atoms with van der Waals surface area (Å²) in [7, 11) is 0. The maximum absolute atomic E-state index is 14.3. The van der Waals surface area contributed by atoms with Gasteiger partial charge in [-0.2, -0.15) is 5.26 Å². The number of nitrogens with zero attached hydrogens (tertiary/aromatic N) is 4. The first-order valence-electron chi connectivity index (χ1n) is 7.55. The molecule has 1 aromatic heterocycles. The Hall–Kier alpha value is -2.68. The van der Waals surface area contributed by atoms with E-state index in [4.69, 9.17) is 5.26 Å². The van der Waals surface area contributed by atoms with Crippen molar-refractivity contribution in [2.45, 2.75) is 19.8 Å². The minimum absolute atomic E-state index is 0.0814. The summed E-state index contributed by atoms with van der Waals surface area (Å²) in [6.45, 7) is 3.14. The number of imidazole rings is 1. The molecule has 1 atom stereocenters. The molecule has 1 aromatic carbocycles. The molecular weight excluding hydrogens is 295 g/mol. The number of ketones is 1. The summed E-state index contributed by atoms with van der Waals surface area (Å²) in [5.74, 6) is -0.360. The number of aryl methyl sites for hydroxylation is 1. The van der Waals surface area contributed by atoms with Crippen molar-refractivity contribution >= 4 is 5.78 Å². The highest BCUT2D eigenvalue weighted by Gasteiger charge is 2.24. The van der Waals surface area contributed by atoms with E-state index in [1.54, 1.807) is 34.1 Å². The van der Waals surface area contributed by atoms with Gasteiger partial charge in [0.25, 0.3) is 0 Å². The first-order valence-corrected chi connectivity index (χ1v) is 7.55. The van der Waals surface area contributed by atoms with Crippen molar-refractivity contribution in [2.24, 2.45) is 5.92 Å². The number of nitriles is 1. The van der Waals surface area contributed by atoms with Gasteiger partial charge in [-0.3, -0.25) is 4.79 Å². The average molecular weight is 312 g/mol. The van der Waals surface area contributed by atoms with Crippen LogP contribution < -0.4 is 0 Å².